The number of pyridine rings is 1. The summed E-state index contributed by atoms with van der Waals surface area (Å²) < 4.78 is 40.2. The van der Waals surface area contributed by atoms with Crippen molar-refractivity contribution >= 4 is 27.7 Å². The van der Waals surface area contributed by atoms with Crippen LogP contribution in [-0.4, -0.2) is 36.8 Å². The molecule has 0 aromatic carbocycles. The number of nitrogen functional groups attached to an aromatic ring is 1. The first-order valence-electron chi connectivity index (χ1n) is 5.13. The van der Waals surface area contributed by atoms with Crippen LogP contribution in [0.15, 0.2) is 16.7 Å². The lowest BCUT2D eigenvalue weighted by Gasteiger charge is -2.09. The minimum atomic E-state index is -4.37. The van der Waals surface area contributed by atoms with Crippen LogP contribution in [0.4, 0.5) is 19.0 Å². The zero-order valence-corrected chi connectivity index (χ0v) is 11.2. The van der Waals surface area contributed by atoms with E-state index in [1.165, 1.54) is 12.3 Å². The number of nitrogens with two attached hydrogens (primary N) is 1. The van der Waals surface area contributed by atoms with Crippen molar-refractivity contribution < 1.29 is 22.7 Å². The Bertz CT molecular complexity index is 454. The quantitative estimate of drug-likeness (QED) is 0.799. The fraction of sp³-hybridized carbons (Fsp3) is 0.400. The Morgan fingerprint density at radius 2 is 2.21 bits per heavy atom. The molecule has 0 spiro atoms. The number of hydrogen-bond acceptors (Lipinski definition) is 4. The second-order valence-electron chi connectivity index (χ2n) is 3.51. The van der Waals surface area contributed by atoms with Crippen LogP contribution in [0.25, 0.3) is 0 Å². The van der Waals surface area contributed by atoms with Gasteiger partial charge in [-0.2, -0.15) is 13.2 Å². The van der Waals surface area contributed by atoms with Gasteiger partial charge in [0.05, 0.1) is 12.2 Å². The Morgan fingerprint density at radius 3 is 2.84 bits per heavy atom. The number of rotatable bonds is 5. The second kappa shape index (κ2) is 6.71. The van der Waals surface area contributed by atoms with Gasteiger partial charge in [-0.15, -0.1) is 0 Å². The van der Waals surface area contributed by atoms with Crippen LogP contribution in [0, 0.1) is 0 Å². The normalized spacial score (nSPS) is 11.4. The van der Waals surface area contributed by atoms with E-state index in [1.54, 1.807) is 0 Å². The molecule has 3 N–H and O–H groups in total. The van der Waals surface area contributed by atoms with Gasteiger partial charge in [0.1, 0.15) is 12.4 Å². The van der Waals surface area contributed by atoms with E-state index in [-0.39, 0.29) is 24.5 Å². The Kier molecular flexibility index (Phi) is 5.55. The number of nitrogens with zero attached hydrogens (tertiary/aromatic N) is 1. The van der Waals surface area contributed by atoms with Crippen LogP contribution in [0.5, 0.6) is 0 Å². The van der Waals surface area contributed by atoms with E-state index in [0.717, 1.165) is 0 Å². The molecule has 0 aliphatic rings. The van der Waals surface area contributed by atoms with Crippen molar-refractivity contribution in [2.45, 2.75) is 6.18 Å². The molecule has 0 radical (unpaired) electrons. The molecular weight excluding hydrogens is 331 g/mol. The standard InChI is InChI=1S/C10H11BrF3N3O2/c11-6-3-7(8(15)17-4-6)9(18)16-1-2-19-5-10(12,13)14/h3-4H,1-2,5H2,(H2,15,17)(H,16,18). The number of alkyl halides is 3. The molecule has 9 heteroatoms. The van der Waals surface area contributed by atoms with Gasteiger partial charge in [-0.25, -0.2) is 4.98 Å². The summed E-state index contributed by atoms with van der Waals surface area (Å²) in [5.41, 5.74) is 5.65. The van der Waals surface area contributed by atoms with Gasteiger partial charge in [-0.05, 0) is 22.0 Å². The highest BCUT2D eigenvalue weighted by atomic mass is 79.9. The topological polar surface area (TPSA) is 77.2 Å². The summed E-state index contributed by atoms with van der Waals surface area (Å²) in [5.74, 6) is -0.487. The van der Waals surface area contributed by atoms with Gasteiger partial charge in [-0.3, -0.25) is 4.79 Å². The summed E-state index contributed by atoms with van der Waals surface area (Å²) in [6.45, 7) is -1.64. The summed E-state index contributed by atoms with van der Waals surface area (Å²) in [4.78, 5) is 15.4. The minimum Gasteiger partial charge on any atom is -0.383 e. The van der Waals surface area contributed by atoms with Gasteiger partial charge >= 0.3 is 6.18 Å². The van der Waals surface area contributed by atoms with Gasteiger partial charge in [0.15, 0.2) is 0 Å². The van der Waals surface area contributed by atoms with Crippen molar-refractivity contribution in [1.29, 1.82) is 0 Å². The average molecular weight is 342 g/mol. The number of amides is 1. The molecule has 0 aliphatic carbocycles. The van der Waals surface area contributed by atoms with Crippen molar-refractivity contribution in [3.8, 4) is 0 Å². The van der Waals surface area contributed by atoms with Crippen LogP contribution >= 0.6 is 15.9 Å². The maximum absolute atomic E-state index is 11.8. The first-order chi connectivity index (χ1) is 8.79. The van der Waals surface area contributed by atoms with Crippen LogP contribution in [0.2, 0.25) is 0 Å². The molecule has 1 aromatic heterocycles. The summed E-state index contributed by atoms with van der Waals surface area (Å²) in [5, 5.41) is 2.38. The highest BCUT2D eigenvalue weighted by molar-refractivity contribution is 9.10. The molecule has 5 nitrogen and oxygen atoms in total. The van der Waals surface area contributed by atoms with E-state index in [9.17, 15) is 18.0 Å². The van der Waals surface area contributed by atoms with Crippen molar-refractivity contribution in [3.05, 3.63) is 22.3 Å². The number of anilines is 1. The van der Waals surface area contributed by atoms with Crippen molar-refractivity contribution in [2.75, 3.05) is 25.5 Å². The van der Waals surface area contributed by atoms with Gasteiger partial charge in [0.2, 0.25) is 0 Å². The zero-order valence-electron chi connectivity index (χ0n) is 9.63. The molecule has 1 amide bonds. The molecule has 0 atom stereocenters. The predicted molar refractivity (Wildman–Crippen MR) is 65.6 cm³/mol. The first-order valence-corrected chi connectivity index (χ1v) is 5.92. The number of ether oxygens (including phenoxy) is 1. The number of aromatic nitrogens is 1. The number of carbonyl (C=O) groups excluding carboxylic acids is 1. The van der Waals surface area contributed by atoms with Crippen LogP contribution in [-0.2, 0) is 4.74 Å². The van der Waals surface area contributed by atoms with Gasteiger partial charge in [0, 0.05) is 17.2 Å². The van der Waals surface area contributed by atoms with E-state index in [1.807, 2.05) is 0 Å². The molecule has 0 fully saturated rings. The van der Waals surface area contributed by atoms with E-state index in [0.29, 0.717) is 4.47 Å². The lowest BCUT2D eigenvalue weighted by molar-refractivity contribution is -0.173. The third-order valence-corrected chi connectivity index (χ3v) is 2.36. The Labute approximate surface area is 115 Å². The third kappa shape index (κ3) is 5.88. The van der Waals surface area contributed by atoms with E-state index in [2.05, 4.69) is 31.0 Å². The van der Waals surface area contributed by atoms with Gasteiger partial charge in [0.25, 0.3) is 5.91 Å². The maximum Gasteiger partial charge on any atom is 0.411 e. The number of carbonyl (C=O) groups is 1. The Morgan fingerprint density at radius 1 is 1.53 bits per heavy atom. The van der Waals surface area contributed by atoms with E-state index < -0.39 is 18.7 Å². The number of halogens is 4. The average Bonchev–Trinajstić information content (AvgIpc) is 2.30. The fourth-order valence-corrected chi connectivity index (χ4v) is 1.48. The molecule has 1 aromatic rings. The number of hydrogen-bond donors (Lipinski definition) is 2. The van der Waals surface area contributed by atoms with Crippen molar-refractivity contribution in [1.82, 2.24) is 10.3 Å². The highest BCUT2D eigenvalue weighted by Crippen LogP contribution is 2.15. The smallest absolute Gasteiger partial charge is 0.383 e. The lowest BCUT2D eigenvalue weighted by Crippen LogP contribution is -2.29. The third-order valence-electron chi connectivity index (χ3n) is 1.93. The molecule has 106 valence electrons. The predicted octanol–water partition coefficient (Wildman–Crippen LogP) is 1.74. The SMILES string of the molecule is Nc1ncc(Br)cc1C(=O)NCCOCC(F)(F)F. The van der Waals surface area contributed by atoms with Crippen LogP contribution < -0.4 is 11.1 Å². The monoisotopic (exact) mass is 341 g/mol. The summed E-state index contributed by atoms with van der Waals surface area (Å²) >= 11 is 3.13. The highest BCUT2D eigenvalue weighted by Gasteiger charge is 2.27. The van der Waals surface area contributed by atoms with E-state index in [4.69, 9.17) is 5.73 Å². The second-order valence-corrected chi connectivity index (χ2v) is 4.43. The molecule has 1 rings (SSSR count). The largest absolute Gasteiger partial charge is 0.411 e. The first kappa shape index (κ1) is 15.7. The Hall–Kier alpha value is -1.35. The molecule has 19 heavy (non-hydrogen) atoms. The fourth-order valence-electron chi connectivity index (χ4n) is 1.15. The van der Waals surface area contributed by atoms with Crippen LogP contribution in [0.1, 0.15) is 10.4 Å². The summed E-state index contributed by atoms with van der Waals surface area (Å²) in [6.07, 6.45) is -2.94. The molecule has 1 heterocycles. The molecule has 0 unspecified atom stereocenters. The van der Waals surface area contributed by atoms with E-state index >= 15 is 0 Å². The molecule has 0 saturated heterocycles. The van der Waals surface area contributed by atoms with Crippen molar-refractivity contribution in [2.24, 2.45) is 0 Å². The number of nitrogens with one attached hydrogen (secondary N) is 1. The zero-order chi connectivity index (χ0) is 14.5. The van der Waals surface area contributed by atoms with Gasteiger partial charge < -0.3 is 15.8 Å². The summed E-state index contributed by atoms with van der Waals surface area (Å²) in [6, 6.07) is 1.47. The lowest BCUT2D eigenvalue weighted by atomic mass is 10.2. The summed E-state index contributed by atoms with van der Waals surface area (Å²) in [7, 11) is 0. The van der Waals surface area contributed by atoms with Crippen LogP contribution in [0.3, 0.4) is 0 Å². The van der Waals surface area contributed by atoms with Crippen molar-refractivity contribution in [3.63, 3.8) is 0 Å². The maximum atomic E-state index is 11.8. The van der Waals surface area contributed by atoms with Gasteiger partial charge in [-0.1, -0.05) is 0 Å². The molecule has 0 saturated carbocycles. The molecular formula is C10H11BrF3N3O2. The Balaban J connectivity index is 2.38. The minimum absolute atomic E-state index is 0.0388. The molecule has 0 aliphatic heterocycles. The molecule has 0 bridgehead atoms.